The van der Waals surface area contributed by atoms with Crippen LogP contribution in [0.25, 0.3) is 0 Å². The van der Waals surface area contributed by atoms with Gasteiger partial charge < -0.3 is 10.1 Å². The van der Waals surface area contributed by atoms with Crippen LogP contribution in [0.1, 0.15) is 32.3 Å². The Hall–Kier alpha value is -1.22. The molecule has 0 bridgehead atoms. The largest absolute Gasteiger partial charge is 0.464 e. The van der Waals surface area contributed by atoms with Gasteiger partial charge in [0.05, 0.1) is 17.3 Å². The second-order valence-corrected chi connectivity index (χ2v) is 4.73. The second kappa shape index (κ2) is 7.27. The number of unbranched alkanes of at least 4 members (excludes halogenated alkanes) is 1. The lowest BCUT2D eigenvalue weighted by Gasteiger charge is -2.17. The molecular weight excluding hydrogens is 250 g/mol. The Bertz CT molecular complexity index is 387. The summed E-state index contributed by atoms with van der Waals surface area (Å²) in [6.45, 7) is 6.26. The van der Waals surface area contributed by atoms with Crippen molar-refractivity contribution in [3.63, 3.8) is 0 Å². The Kier molecular flexibility index (Phi) is 5.99. The third-order valence-electron chi connectivity index (χ3n) is 2.68. The van der Waals surface area contributed by atoms with Crippen LogP contribution in [0, 0.1) is 6.92 Å². The molecule has 0 aromatic heterocycles. The molecule has 3 nitrogen and oxygen atoms in total. The summed E-state index contributed by atoms with van der Waals surface area (Å²) in [5.74, 6) is -0.247. The van der Waals surface area contributed by atoms with Crippen molar-refractivity contribution in [1.29, 1.82) is 0 Å². The van der Waals surface area contributed by atoms with Crippen LogP contribution in [0.3, 0.4) is 0 Å². The van der Waals surface area contributed by atoms with Crippen LogP contribution >= 0.6 is 11.6 Å². The average Bonchev–Trinajstić information content (AvgIpc) is 2.34. The van der Waals surface area contributed by atoms with Gasteiger partial charge in [-0.15, -0.1) is 0 Å². The summed E-state index contributed by atoms with van der Waals surface area (Å²) in [7, 11) is 0. The lowest BCUT2D eigenvalue weighted by atomic mass is 10.2. The van der Waals surface area contributed by atoms with Gasteiger partial charge in [0.2, 0.25) is 0 Å². The molecule has 1 aromatic carbocycles. The number of esters is 1. The fourth-order valence-corrected chi connectivity index (χ4v) is 1.81. The van der Waals surface area contributed by atoms with Gasteiger partial charge in [-0.2, -0.15) is 0 Å². The minimum absolute atomic E-state index is 0.247. The summed E-state index contributed by atoms with van der Waals surface area (Å²) < 4.78 is 5.15. The van der Waals surface area contributed by atoms with E-state index in [0.717, 1.165) is 24.1 Å². The number of carbonyl (C=O) groups is 1. The molecule has 0 aliphatic heterocycles. The standard InChI is InChI=1S/C14H20ClNO2/c1-4-5-9-18-14(17)11(3)16-13-10(2)7-6-8-12(13)15/h6-8,11,16H,4-5,9H2,1-3H3/t11-/m0/s1. The highest BCUT2D eigenvalue weighted by Gasteiger charge is 2.16. The first-order chi connectivity index (χ1) is 8.56. The lowest BCUT2D eigenvalue weighted by Crippen LogP contribution is -2.28. The topological polar surface area (TPSA) is 38.3 Å². The zero-order chi connectivity index (χ0) is 13.5. The van der Waals surface area contributed by atoms with Crippen LogP contribution in [0.2, 0.25) is 5.02 Å². The predicted octanol–water partition coefficient (Wildman–Crippen LogP) is 3.79. The highest BCUT2D eigenvalue weighted by Crippen LogP contribution is 2.25. The van der Waals surface area contributed by atoms with E-state index in [4.69, 9.17) is 16.3 Å². The first-order valence-corrected chi connectivity index (χ1v) is 6.62. The molecule has 0 heterocycles. The summed E-state index contributed by atoms with van der Waals surface area (Å²) >= 11 is 6.09. The first-order valence-electron chi connectivity index (χ1n) is 6.24. The van der Waals surface area contributed by atoms with E-state index in [-0.39, 0.29) is 5.97 Å². The minimum atomic E-state index is -0.402. The molecule has 18 heavy (non-hydrogen) atoms. The number of benzene rings is 1. The summed E-state index contributed by atoms with van der Waals surface area (Å²) in [6.07, 6.45) is 1.91. The fourth-order valence-electron chi connectivity index (χ4n) is 1.53. The highest BCUT2D eigenvalue weighted by molar-refractivity contribution is 6.33. The number of hydrogen-bond acceptors (Lipinski definition) is 3. The van der Waals surface area contributed by atoms with Crippen LogP contribution in [0.15, 0.2) is 18.2 Å². The van der Waals surface area contributed by atoms with E-state index in [1.165, 1.54) is 0 Å². The van der Waals surface area contributed by atoms with E-state index in [9.17, 15) is 4.79 Å². The molecule has 0 aliphatic rings. The smallest absolute Gasteiger partial charge is 0.328 e. The van der Waals surface area contributed by atoms with Gasteiger partial charge in [-0.25, -0.2) is 4.79 Å². The predicted molar refractivity (Wildman–Crippen MR) is 75.1 cm³/mol. The van der Waals surface area contributed by atoms with Crippen LogP contribution in [-0.2, 0) is 9.53 Å². The summed E-state index contributed by atoms with van der Waals surface area (Å²) in [5, 5.41) is 3.71. The third kappa shape index (κ3) is 4.22. The Balaban J connectivity index is 2.58. The number of nitrogens with one attached hydrogen (secondary N) is 1. The van der Waals surface area contributed by atoms with Gasteiger partial charge in [0.25, 0.3) is 0 Å². The van der Waals surface area contributed by atoms with Gasteiger partial charge >= 0.3 is 5.97 Å². The SMILES string of the molecule is CCCCOC(=O)[C@H](C)Nc1c(C)cccc1Cl. The summed E-state index contributed by atoms with van der Waals surface area (Å²) in [4.78, 5) is 11.7. The van der Waals surface area contributed by atoms with Gasteiger partial charge in [-0.1, -0.05) is 37.1 Å². The van der Waals surface area contributed by atoms with E-state index >= 15 is 0 Å². The van der Waals surface area contributed by atoms with Crippen molar-refractivity contribution < 1.29 is 9.53 Å². The molecule has 1 atom stereocenters. The summed E-state index contributed by atoms with van der Waals surface area (Å²) in [5.41, 5.74) is 1.80. The zero-order valence-electron chi connectivity index (χ0n) is 11.1. The zero-order valence-corrected chi connectivity index (χ0v) is 11.9. The average molecular weight is 270 g/mol. The fraction of sp³-hybridized carbons (Fsp3) is 0.500. The van der Waals surface area contributed by atoms with Crippen molar-refractivity contribution in [3.05, 3.63) is 28.8 Å². The Labute approximate surface area is 113 Å². The molecule has 0 spiro atoms. The van der Waals surface area contributed by atoms with Crippen molar-refractivity contribution in [1.82, 2.24) is 0 Å². The molecule has 0 saturated carbocycles. The molecule has 100 valence electrons. The molecule has 0 radical (unpaired) electrons. The number of anilines is 1. The Morgan fingerprint density at radius 1 is 1.50 bits per heavy atom. The van der Waals surface area contributed by atoms with Crippen LogP contribution in [-0.4, -0.2) is 18.6 Å². The molecule has 1 N–H and O–H groups in total. The van der Waals surface area contributed by atoms with Crippen LogP contribution in [0.5, 0.6) is 0 Å². The third-order valence-corrected chi connectivity index (χ3v) is 2.99. The lowest BCUT2D eigenvalue weighted by molar-refractivity contribution is -0.144. The maximum absolute atomic E-state index is 11.7. The van der Waals surface area contributed by atoms with Crippen molar-refractivity contribution in [2.24, 2.45) is 0 Å². The van der Waals surface area contributed by atoms with Crippen molar-refractivity contribution >= 4 is 23.3 Å². The van der Waals surface area contributed by atoms with Crippen molar-refractivity contribution in [2.75, 3.05) is 11.9 Å². The second-order valence-electron chi connectivity index (χ2n) is 4.32. The number of ether oxygens (including phenoxy) is 1. The molecule has 1 aromatic rings. The Morgan fingerprint density at radius 2 is 2.22 bits per heavy atom. The maximum Gasteiger partial charge on any atom is 0.328 e. The number of rotatable bonds is 6. The quantitative estimate of drug-likeness (QED) is 0.631. The van der Waals surface area contributed by atoms with E-state index in [1.807, 2.05) is 19.1 Å². The van der Waals surface area contributed by atoms with Gasteiger partial charge in [-0.3, -0.25) is 0 Å². The van der Waals surface area contributed by atoms with Gasteiger partial charge in [0.15, 0.2) is 0 Å². The number of aryl methyl sites for hydroxylation is 1. The molecule has 4 heteroatoms. The molecule has 0 unspecified atom stereocenters. The normalized spacial score (nSPS) is 12.0. The molecule has 0 fully saturated rings. The van der Waals surface area contributed by atoms with Gasteiger partial charge in [0, 0.05) is 0 Å². The number of para-hydroxylation sites is 1. The molecular formula is C14H20ClNO2. The highest BCUT2D eigenvalue weighted by atomic mass is 35.5. The number of halogens is 1. The molecule has 0 amide bonds. The molecule has 1 rings (SSSR count). The van der Waals surface area contributed by atoms with Gasteiger partial charge in [0.1, 0.15) is 6.04 Å². The van der Waals surface area contributed by atoms with E-state index in [0.29, 0.717) is 11.6 Å². The number of hydrogen-bond donors (Lipinski definition) is 1. The maximum atomic E-state index is 11.7. The monoisotopic (exact) mass is 269 g/mol. The van der Waals surface area contributed by atoms with E-state index in [1.54, 1.807) is 13.0 Å². The van der Waals surface area contributed by atoms with Crippen LogP contribution in [0.4, 0.5) is 5.69 Å². The number of carbonyl (C=O) groups excluding carboxylic acids is 1. The van der Waals surface area contributed by atoms with Gasteiger partial charge in [-0.05, 0) is 31.9 Å². The van der Waals surface area contributed by atoms with E-state index in [2.05, 4.69) is 12.2 Å². The first kappa shape index (κ1) is 14.8. The minimum Gasteiger partial charge on any atom is -0.464 e. The van der Waals surface area contributed by atoms with Crippen molar-refractivity contribution in [3.8, 4) is 0 Å². The van der Waals surface area contributed by atoms with E-state index < -0.39 is 6.04 Å². The van der Waals surface area contributed by atoms with Crippen LogP contribution < -0.4 is 5.32 Å². The summed E-state index contributed by atoms with van der Waals surface area (Å²) in [6, 6.07) is 5.23. The molecule has 0 saturated heterocycles. The van der Waals surface area contributed by atoms with Crippen molar-refractivity contribution in [2.45, 2.75) is 39.7 Å². The Morgan fingerprint density at radius 3 is 2.83 bits per heavy atom. The molecule has 0 aliphatic carbocycles.